The van der Waals surface area contributed by atoms with Crippen molar-refractivity contribution in [1.29, 1.82) is 0 Å². The second kappa shape index (κ2) is 4.22. The van der Waals surface area contributed by atoms with Gasteiger partial charge in [0.05, 0.1) is 5.69 Å². The number of aromatic amines is 2. The zero-order valence-electron chi connectivity index (χ0n) is 9.29. The Morgan fingerprint density at radius 1 is 1.50 bits per heavy atom. The Balaban J connectivity index is 2.01. The Morgan fingerprint density at radius 2 is 2.31 bits per heavy atom. The van der Waals surface area contributed by atoms with Crippen LogP contribution in [0.3, 0.4) is 0 Å². The summed E-state index contributed by atoms with van der Waals surface area (Å²) in [6, 6.07) is 3.54. The van der Waals surface area contributed by atoms with Gasteiger partial charge in [-0.1, -0.05) is 0 Å². The molecule has 0 unspecified atom stereocenters. The fraction of sp³-hybridized carbons (Fsp3) is 0.273. The number of nitrogens with zero attached hydrogens (tertiary/aromatic N) is 1. The lowest BCUT2D eigenvalue weighted by molar-refractivity contribution is 0.0946. The third kappa shape index (κ3) is 1.98. The van der Waals surface area contributed by atoms with Crippen molar-refractivity contribution in [3.63, 3.8) is 0 Å². The molecule has 2 aromatic heterocycles. The first-order valence-electron chi connectivity index (χ1n) is 5.10. The highest BCUT2D eigenvalue weighted by molar-refractivity contribution is 5.92. The van der Waals surface area contributed by atoms with Gasteiger partial charge in [0, 0.05) is 24.0 Å². The van der Waals surface area contributed by atoms with Crippen LogP contribution in [0, 0.1) is 13.8 Å². The summed E-state index contributed by atoms with van der Waals surface area (Å²) in [6.07, 6.45) is 1.73. The van der Waals surface area contributed by atoms with Crippen molar-refractivity contribution in [2.75, 3.05) is 0 Å². The predicted molar refractivity (Wildman–Crippen MR) is 60.0 cm³/mol. The lowest BCUT2D eigenvalue weighted by atomic mass is 10.2. The quantitative estimate of drug-likeness (QED) is 0.726. The molecule has 0 aliphatic carbocycles. The smallest absolute Gasteiger partial charge is 0.267 e. The molecule has 0 atom stereocenters. The molecule has 0 aliphatic rings. The fourth-order valence-corrected chi connectivity index (χ4v) is 1.57. The predicted octanol–water partition coefficient (Wildman–Crippen LogP) is 1.28. The average molecular weight is 218 g/mol. The minimum Gasteiger partial charge on any atom is -0.357 e. The fourth-order valence-electron chi connectivity index (χ4n) is 1.57. The van der Waals surface area contributed by atoms with E-state index in [0.717, 1.165) is 17.0 Å². The molecule has 0 saturated carbocycles. The van der Waals surface area contributed by atoms with Crippen LogP contribution in [-0.4, -0.2) is 21.1 Å². The van der Waals surface area contributed by atoms with Crippen molar-refractivity contribution < 1.29 is 4.79 Å². The minimum absolute atomic E-state index is 0.106. The SMILES string of the molecule is Cc1n[nH]c(C)c1CNC(=O)c1ccc[nH]1. The number of carbonyl (C=O) groups excluding carboxylic acids is 1. The molecule has 0 fully saturated rings. The number of hydrogen-bond acceptors (Lipinski definition) is 2. The summed E-state index contributed by atoms with van der Waals surface area (Å²) in [4.78, 5) is 14.5. The molecule has 5 nitrogen and oxygen atoms in total. The van der Waals surface area contributed by atoms with Gasteiger partial charge in [0.15, 0.2) is 0 Å². The first-order valence-corrected chi connectivity index (χ1v) is 5.10. The van der Waals surface area contributed by atoms with Crippen LogP contribution in [0.5, 0.6) is 0 Å². The summed E-state index contributed by atoms with van der Waals surface area (Å²) >= 11 is 0. The molecule has 0 aliphatic heterocycles. The number of carbonyl (C=O) groups is 1. The van der Waals surface area contributed by atoms with E-state index in [1.165, 1.54) is 0 Å². The molecule has 0 aromatic carbocycles. The largest absolute Gasteiger partial charge is 0.357 e. The number of aromatic nitrogens is 3. The monoisotopic (exact) mass is 218 g/mol. The van der Waals surface area contributed by atoms with Gasteiger partial charge in [0.25, 0.3) is 5.91 Å². The molecule has 3 N–H and O–H groups in total. The van der Waals surface area contributed by atoms with E-state index in [9.17, 15) is 4.79 Å². The van der Waals surface area contributed by atoms with Crippen LogP contribution < -0.4 is 5.32 Å². The van der Waals surface area contributed by atoms with Gasteiger partial charge >= 0.3 is 0 Å². The van der Waals surface area contributed by atoms with Gasteiger partial charge in [-0.2, -0.15) is 5.10 Å². The Bertz CT molecular complexity index is 465. The van der Waals surface area contributed by atoms with Crippen LogP contribution in [0.4, 0.5) is 0 Å². The first kappa shape index (κ1) is 10.5. The number of nitrogens with one attached hydrogen (secondary N) is 3. The van der Waals surface area contributed by atoms with Crippen molar-refractivity contribution in [2.45, 2.75) is 20.4 Å². The van der Waals surface area contributed by atoms with Crippen molar-refractivity contribution in [3.05, 3.63) is 41.0 Å². The average Bonchev–Trinajstić information content (AvgIpc) is 2.87. The second-order valence-corrected chi connectivity index (χ2v) is 3.68. The van der Waals surface area contributed by atoms with Gasteiger partial charge < -0.3 is 10.3 Å². The summed E-state index contributed by atoms with van der Waals surface area (Å²) < 4.78 is 0. The molecule has 1 amide bonds. The molecule has 0 saturated heterocycles. The molecule has 84 valence electrons. The summed E-state index contributed by atoms with van der Waals surface area (Å²) in [5.74, 6) is -0.106. The molecule has 2 heterocycles. The van der Waals surface area contributed by atoms with Crippen LogP contribution in [0.2, 0.25) is 0 Å². The summed E-state index contributed by atoms with van der Waals surface area (Å²) in [7, 11) is 0. The van der Waals surface area contributed by atoms with Gasteiger partial charge in [-0.05, 0) is 26.0 Å². The third-order valence-electron chi connectivity index (χ3n) is 2.55. The number of rotatable bonds is 3. The number of hydrogen-bond donors (Lipinski definition) is 3. The number of aryl methyl sites for hydroxylation is 2. The molecule has 2 rings (SSSR count). The van der Waals surface area contributed by atoms with Gasteiger partial charge in [-0.3, -0.25) is 9.89 Å². The van der Waals surface area contributed by atoms with Crippen LogP contribution in [0.1, 0.15) is 27.4 Å². The van der Waals surface area contributed by atoms with E-state index in [1.54, 1.807) is 18.3 Å². The highest BCUT2D eigenvalue weighted by Gasteiger charge is 2.09. The van der Waals surface area contributed by atoms with Crippen LogP contribution >= 0.6 is 0 Å². The molecular weight excluding hydrogens is 204 g/mol. The van der Waals surface area contributed by atoms with E-state index in [1.807, 2.05) is 13.8 Å². The summed E-state index contributed by atoms with van der Waals surface area (Å²) in [6.45, 7) is 4.35. The lowest BCUT2D eigenvalue weighted by Gasteiger charge is -2.03. The first-order chi connectivity index (χ1) is 7.68. The van der Waals surface area contributed by atoms with Crippen LogP contribution in [0.15, 0.2) is 18.3 Å². The standard InChI is InChI=1S/C11H14N4O/c1-7-9(8(2)15-14-7)6-13-11(16)10-4-3-5-12-10/h3-5,12H,6H2,1-2H3,(H,13,16)(H,14,15). The normalized spacial score (nSPS) is 10.4. The van der Waals surface area contributed by atoms with Gasteiger partial charge in [-0.25, -0.2) is 0 Å². The van der Waals surface area contributed by atoms with Gasteiger partial charge in [0.2, 0.25) is 0 Å². The molecule has 0 bridgehead atoms. The molecule has 2 aromatic rings. The molecular formula is C11H14N4O. The Morgan fingerprint density at radius 3 is 2.88 bits per heavy atom. The molecule has 0 radical (unpaired) electrons. The van der Waals surface area contributed by atoms with Gasteiger partial charge in [0.1, 0.15) is 5.69 Å². The summed E-state index contributed by atoms with van der Waals surface area (Å²) in [5, 5.41) is 9.80. The molecule has 16 heavy (non-hydrogen) atoms. The number of amides is 1. The number of H-pyrrole nitrogens is 2. The third-order valence-corrected chi connectivity index (χ3v) is 2.55. The van der Waals surface area contributed by atoms with E-state index in [4.69, 9.17) is 0 Å². The Labute approximate surface area is 93.3 Å². The maximum atomic E-state index is 11.7. The highest BCUT2D eigenvalue weighted by atomic mass is 16.1. The van der Waals surface area contributed by atoms with Crippen molar-refractivity contribution in [3.8, 4) is 0 Å². The van der Waals surface area contributed by atoms with Crippen molar-refractivity contribution >= 4 is 5.91 Å². The zero-order chi connectivity index (χ0) is 11.5. The minimum atomic E-state index is -0.106. The summed E-state index contributed by atoms with van der Waals surface area (Å²) in [5.41, 5.74) is 3.52. The van der Waals surface area contributed by atoms with E-state index in [-0.39, 0.29) is 5.91 Å². The Hall–Kier alpha value is -2.04. The molecule has 0 spiro atoms. The maximum Gasteiger partial charge on any atom is 0.267 e. The van der Waals surface area contributed by atoms with Crippen molar-refractivity contribution in [2.24, 2.45) is 0 Å². The second-order valence-electron chi connectivity index (χ2n) is 3.68. The van der Waals surface area contributed by atoms with Crippen LogP contribution in [0.25, 0.3) is 0 Å². The lowest BCUT2D eigenvalue weighted by Crippen LogP contribution is -2.23. The van der Waals surface area contributed by atoms with E-state index in [0.29, 0.717) is 12.2 Å². The van der Waals surface area contributed by atoms with Crippen LogP contribution in [-0.2, 0) is 6.54 Å². The van der Waals surface area contributed by atoms with E-state index in [2.05, 4.69) is 20.5 Å². The highest BCUT2D eigenvalue weighted by Crippen LogP contribution is 2.08. The van der Waals surface area contributed by atoms with Crippen molar-refractivity contribution in [1.82, 2.24) is 20.5 Å². The Kier molecular flexibility index (Phi) is 2.76. The topological polar surface area (TPSA) is 73.6 Å². The maximum absolute atomic E-state index is 11.7. The molecule has 5 heteroatoms. The zero-order valence-corrected chi connectivity index (χ0v) is 9.29. The van der Waals surface area contributed by atoms with E-state index >= 15 is 0 Å². The van der Waals surface area contributed by atoms with Gasteiger partial charge in [-0.15, -0.1) is 0 Å². The van der Waals surface area contributed by atoms with E-state index < -0.39 is 0 Å².